The Hall–Kier alpha value is -0.880. The molecule has 1 aromatic heterocycles. The number of anilines is 1. The van der Waals surface area contributed by atoms with Crippen LogP contribution in [-0.2, 0) is 0 Å². The second-order valence-corrected chi connectivity index (χ2v) is 4.74. The van der Waals surface area contributed by atoms with E-state index in [1.807, 2.05) is 6.07 Å². The first-order valence-electron chi connectivity index (χ1n) is 4.74. The largest absolute Gasteiger partial charge is 0.320 e. The van der Waals surface area contributed by atoms with Gasteiger partial charge in [0.05, 0.1) is 11.3 Å². The van der Waals surface area contributed by atoms with Crippen LogP contribution in [0.5, 0.6) is 0 Å². The highest BCUT2D eigenvalue weighted by Crippen LogP contribution is 2.29. The monoisotopic (exact) mass is 441 g/mol. The van der Waals surface area contributed by atoms with Crippen molar-refractivity contribution in [2.45, 2.75) is 7.43 Å². The SMILES string of the molecule is C.I.N#Cc1ccccc1NC(=O)c1snc(Cl)c1Cl. The van der Waals surface area contributed by atoms with Crippen LogP contribution in [0.15, 0.2) is 24.3 Å². The minimum atomic E-state index is -0.438. The Morgan fingerprint density at radius 1 is 1.35 bits per heavy atom. The third kappa shape index (κ3) is 4.06. The summed E-state index contributed by atoms with van der Waals surface area (Å²) >= 11 is 12.4. The molecule has 0 saturated carbocycles. The topological polar surface area (TPSA) is 65.8 Å². The number of amides is 1. The standard InChI is InChI=1S/C11H5Cl2N3OS.CH4.HI/c12-8-9(18-16-10(8)13)11(17)15-7-4-2-1-3-6(7)5-14;;/h1-4H,(H,15,17);1H4;1H. The van der Waals surface area contributed by atoms with E-state index in [9.17, 15) is 4.79 Å². The predicted molar refractivity (Wildman–Crippen MR) is 93.4 cm³/mol. The normalized spacial score (nSPS) is 8.85. The summed E-state index contributed by atoms with van der Waals surface area (Å²) in [4.78, 5) is 12.1. The van der Waals surface area contributed by atoms with Crippen LogP contribution in [0.3, 0.4) is 0 Å². The van der Waals surface area contributed by atoms with Gasteiger partial charge in [0.1, 0.15) is 16.0 Å². The minimum absolute atomic E-state index is 0. The van der Waals surface area contributed by atoms with E-state index in [1.165, 1.54) is 0 Å². The number of para-hydroxylation sites is 1. The molecule has 2 rings (SSSR count). The van der Waals surface area contributed by atoms with Gasteiger partial charge in [-0.3, -0.25) is 4.79 Å². The van der Waals surface area contributed by atoms with Gasteiger partial charge in [-0.1, -0.05) is 42.8 Å². The average molecular weight is 442 g/mol. The molecule has 0 aliphatic rings. The van der Waals surface area contributed by atoms with E-state index < -0.39 is 5.91 Å². The molecule has 0 bridgehead atoms. The van der Waals surface area contributed by atoms with Crippen molar-refractivity contribution in [3.63, 3.8) is 0 Å². The Kier molecular flexibility index (Phi) is 8.05. The van der Waals surface area contributed by atoms with E-state index in [2.05, 4.69) is 9.69 Å². The van der Waals surface area contributed by atoms with Gasteiger partial charge in [0.15, 0.2) is 5.15 Å². The summed E-state index contributed by atoms with van der Waals surface area (Å²) in [5.41, 5.74) is 0.795. The van der Waals surface area contributed by atoms with Crippen LogP contribution >= 0.6 is 58.7 Å². The van der Waals surface area contributed by atoms with Crippen molar-refractivity contribution in [1.29, 1.82) is 5.26 Å². The lowest BCUT2D eigenvalue weighted by Gasteiger charge is -2.04. The summed E-state index contributed by atoms with van der Waals surface area (Å²) in [5.74, 6) is -0.438. The van der Waals surface area contributed by atoms with Crippen molar-refractivity contribution >= 4 is 70.3 Å². The summed E-state index contributed by atoms with van der Waals surface area (Å²) in [5, 5.41) is 11.7. The first-order chi connectivity index (χ1) is 8.63. The van der Waals surface area contributed by atoms with Crippen molar-refractivity contribution in [3.05, 3.63) is 44.9 Å². The van der Waals surface area contributed by atoms with Gasteiger partial charge < -0.3 is 5.32 Å². The number of hydrogen-bond donors (Lipinski definition) is 1. The van der Waals surface area contributed by atoms with Gasteiger partial charge in [-0.15, -0.1) is 24.0 Å². The zero-order valence-electron chi connectivity index (χ0n) is 9.18. The highest BCUT2D eigenvalue weighted by molar-refractivity contribution is 14.0. The number of benzene rings is 1. The molecular formula is C12H10Cl2IN3OS. The Morgan fingerprint density at radius 3 is 2.55 bits per heavy atom. The fourth-order valence-electron chi connectivity index (χ4n) is 1.27. The van der Waals surface area contributed by atoms with Gasteiger partial charge in [-0.05, 0) is 23.7 Å². The van der Waals surface area contributed by atoms with Crippen LogP contribution in [0, 0.1) is 11.3 Å². The fourth-order valence-corrected chi connectivity index (χ4v) is 2.38. The van der Waals surface area contributed by atoms with E-state index in [0.29, 0.717) is 11.3 Å². The van der Waals surface area contributed by atoms with Gasteiger partial charge in [0.25, 0.3) is 5.91 Å². The number of nitriles is 1. The van der Waals surface area contributed by atoms with Crippen LogP contribution in [0.4, 0.5) is 5.69 Å². The number of nitrogens with one attached hydrogen (secondary N) is 1. The number of nitrogens with zero attached hydrogens (tertiary/aromatic N) is 2. The van der Waals surface area contributed by atoms with Crippen LogP contribution in [0.1, 0.15) is 22.7 Å². The van der Waals surface area contributed by atoms with Crippen LogP contribution in [0.25, 0.3) is 0 Å². The first kappa shape index (κ1) is 19.1. The van der Waals surface area contributed by atoms with Gasteiger partial charge >= 0.3 is 0 Å². The molecule has 0 atom stereocenters. The van der Waals surface area contributed by atoms with Crippen molar-refractivity contribution in [1.82, 2.24) is 4.37 Å². The molecule has 1 N–H and O–H groups in total. The van der Waals surface area contributed by atoms with E-state index >= 15 is 0 Å². The summed E-state index contributed by atoms with van der Waals surface area (Å²) in [7, 11) is 0. The molecule has 1 heterocycles. The molecule has 0 spiro atoms. The Bertz CT molecular complexity index is 654. The molecule has 8 heteroatoms. The smallest absolute Gasteiger partial charge is 0.269 e. The van der Waals surface area contributed by atoms with E-state index in [4.69, 9.17) is 28.5 Å². The predicted octanol–water partition coefficient (Wildman–Crippen LogP) is 4.83. The fraction of sp³-hybridized carbons (Fsp3) is 0.0833. The third-order valence-electron chi connectivity index (χ3n) is 2.10. The molecule has 0 aliphatic carbocycles. The first-order valence-corrected chi connectivity index (χ1v) is 6.27. The van der Waals surface area contributed by atoms with E-state index in [0.717, 1.165) is 11.5 Å². The molecule has 0 unspecified atom stereocenters. The summed E-state index contributed by atoms with van der Waals surface area (Å²) < 4.78 is 3.77. The summed E-state index contributed by atoms with van der Waals surface area (Å²) in [6.07, 6.45) is 0. The molecule has 2 aromatic rings. The lowest BCUT2D eigenvalue weighted by molar-refractivity contribution is 0.103. The second-order valence-electron chi connectivity index (χ2n) is 3.23. The molecule has 0 aliphatic heterocycles. The number of aromatic nitrogens is 1. The molecule has 106 valence electrons. The number of hydrogen-bond acceptors (Lipinski definition) is 4. The molecule has 20 heavy (non-hydrogen) atoms. The van der Waals surface area contributed by atoms with Crippen LogP contribution in [0.2, 0.25) is 10.2 Å². The average Bonchev–Trinajstić information content (AvgIpc) is 2.71. The quantitative estimate of drug-likeness (QED) is 0.678. The minimum Gasteiger partial charge on any atom is -0.320 e. The molecule has 0 radical (unpaired) electrons. The zero-order chi connectivity index (χ0) is 13.1. The van der Waals surface area contributed by atoms with Crippen molar-refractivity contribution in [2.75, 3.05) is 5.32 Å². The van der Waals surface area contributed by atoms with Crippen molar-refractivity contribution in [2.24, 2.45) is 0 Å². The molecular weight excluding hydrogens is 432 g/mol. The maximum absolute atomic E-state index is 11.9. The maximum Gasteiger partial charge on any atom is 0.269 e. The Morgan fingerprint density at radius 2 is 2.00 bits per heavy atom. The lowest BCUT2D eigenvalue weighted by atomic mass is 10.2. The lowest BCUT2D eigenvalue weighted by Crippen LogP contribution is -2.11. The van der Waals surface area contributed by atoms with Crippen molar-refractivity contribution < 1.29 is 4.79 Å². The molecule has 0 fully saturated rings. The van der Waals surface area contributed by atoms with Gasteiger partial charge in [-0.2, -0.15) is 9.64 Å². The number of carbonyl (C=O) groups is 1. The van der Waals surface area contributed by atoms with Gasteiger partial charge in [0.2, 0.25) is 0 Å². The Balaban J connectivity index is 0.00000180. The molecule has 1 aromatic carbocycles. The zero-order valence-corrected chi connectivity index (χ0v) is 13.8. The second kappa shape index (κ2) is 8.42. The van der Waals surface area contributed by atoms with Gasteiger partial charge in [-0.25, -0.2) is 0 Å². The number of rotatable bonds is 2. The van der Waals surface area contributed by atoms with E-state index in [-0.39, 0.29) is 46.5 Å². The highest BCUT2D eigenvalue weighted by Gasteiger charge is 2.18. The molecule has 0 saturated heterocycles. The summed E-state index contributed by atoms with van der Waals surface area (Å²) in [6, 6.07) is 8.66. The third-order valence-corrected chi connectivity index (χ3v) is 3.90. The molecule has 1 amide bonds. The highest BCUT2D eigenvalue weighted by atomic mass is 127. The van der Waals surface area contributed by atoms with Crippen molar-refractivity contribution in [3.8, 4) is 6.07 Å². The van der Waals surface area contributed by atoms with Gasteiger partial charge in [0, 0.05) is 0 Å². The maximum atomic E-state index is 11.9. The van der Waals surface area contributed by atoms with Crippen LogP contribution in [-0.4, -0.2) is 10.3 Å². The summed E-state index contributed by atoms with van der Waals surface area (Å²) in [6.45, 7) is 0. The molecule has 4 nitrogen and oxygen atoms in total. The Labute approximate surface area is 147 Å². The number of carbonyl (C=O) groups excluding carboxylic acids is 1. The number of halogens is 3. The van der Waals surface area contributed by atoms with Crippen LogP contribution < -0.4 is 5.32 Å². The van der Waals surface area contributed by atoms with E-state index in [1.54, 1.807) is 24.3 Å².